The zero-order chi connectivity index (χ0) is 15.4. The fourth-order valence-electron chi connectivity index (χ4n) is 5.15. The van der Waals surface area contributed by atoms with Crippen molar-refractivity contribution in [1.82, 2.24) is 9.97 Å². The summed E-state index contributed by atoms with van der Waals surface area (Å²) in [7, 11) is 0. The number of Topliss-reactive ketones (excluding diaryl/α,β-unsaturated/α-hetero) is 1. The van der Waals surface area contributed by atoms with Gasteiger partial charge in [0, 0.05) is 35.4 Å². The van der Waals surface area contributed by atoms with Crippen LogP contribution in [0.3, 0.4) is 0 Å². The van der Waals surface area contributed by atoms with Crippen LogP contribution < -0.4 is 0 Å². The van der Waals surface area contributed by atoms with Crippen LogP contribution in [0.15, 0.2) is 48.8 Å². The average Bonchev–Trinajstić information content (AvgIpc) is 3.29. The summed E-state index contributed by atoms with van der Waals surface area (Å²) >= 11 is 0. The Kier molecular flexibility index (Phi) is 2.78. The van der Waals surface area contributed by atoms with E-state index in [0.717, 1.165) is 22.5 Å². The highest BCUT2D eigenvalue weighted by Gasteiger charge is 2.57. The zero-order valence-corrected chi connectivity index (χ0v) is 12.9. The van der Waals surface area contributed by atoms with E-state index >= 15 is 0 Å². The molecule has 3 heteroatoms. The van der Waals surface area contributed by atoms with E-state index in [-0.39, 0.29) is 5.92 Å². The van der Waals surface area contributed by atoms with E-state index < -0.39 is 0 Å². The van der Waals surface area contributed by atoms with Gasteiger partial charge in [-0.05, 0) is 42.7 Å². The number of carbonyl (C=O) groups is 1. The van der Waals surface area contributed by atoms with E-state index in [2.05, 4.69) is 9.97 Å². The molecule has 5 rings (SSSR count). The highest BCUT2D eigenvalue weighted by molar-refractivity contribution is 6.32. The number of hydrogen-bond donors (Lipinski definition) is 0. The van der Waals surface area contributed by atoms with Gasteiger partial charge in [-0.3, -0.25) is 4.79 Å². The Morgan fingerprint density at radius 3 is 2.30 bits per heavy atom. The van der Waals surface area contributed by atoms with Gasteiger partial charge in [-0.2, -0.15) is 0 Å². The molecule has 0 aliphatic heterocycles. The van der Waals surface area contributed by atoms with Crippen molar-refractivity contribution < 1.29 is 4.79 Å². The van der Waals surface area contributed by atoms with E-state index in [1.807, 2.05) is 36.4 Å². The summed E-state index contributed by atoms with van der Waals surface area (Å²) in [6, 6.07) is 11.9. The van der Waals surface area contributed by atoms with Crippen LogP contribution in [0.1, 0.15) is 30.7 Å². The first-order chi connectivity index (χ1) is 11.3. The number of benzene rings is 1. The maximum atomic E-state index is 13.2. The molecule has 0 amide bonds. The second kappa shape index (κ2) is 4.85. The summed E-state index contributed by atoms with van der Waals surface area (Å²) in [5, 5.41) is 0. The molecule has 1 heterocycles. The molecule has 23 heavy (non-hydrogen) atoms. The molecule has 1 aromatic carbocycles. The lowest BCUT2D eigenvalue weighted by atomic mass is 9.78. The molecule has 0 spiro atoms. The summed E-state index contributed by atoms with van der Waals surface area (Å²) in [5.74, 6) is 2.78. The van der Waals surface area contributed by atoms with Crippen LogP contribution in [0.4, 0.5) is 0 Å². The fraction of sp³-hybridized carbons (Fsp3) is 0.350. The van der Waals surface area contributed by atoms with Gasteiger partial charge in [0.2, 0.25) is 0 Å². The summed E-state index contributed by atoms with van der Waals surface area (Å²) in [4.78, 5) is 22.2. The normalized spacial score (nSPS) is 31.7. The Bertz CT molecular complexity index is 797. The van der Waals surface area contributed by atoms with Crippen LogP contribution in [-0.4, -0.2) is 15.8 Å². The molecule has 0 radical (unpaired) electrons. The molecule has 1 aromatic heterocycles. The third kappa shape index (κ3) is 1.79. The van der Waals surface area contributed by atoms with Crippen molar-refractivity contribution in [2.24, 2.45) is 23.7 Å². The number of carbonyl (C=O) groups excluding carboxylic acids is 1. The van der Waals surface area contributed by atoms with Crippen molar-refractivity contribution in [2.45, 2.75) is 19.3 Å². The van der Waals surface area contributed by atoms with Gasteiger partial charge in [0.25, 0.3) is 0 Å². The zero-order valence-electron chi connectivity index (χ0n) is 12.9. The molecular formula is C20H18N2O. The number of hydrogen-bond acceptors (Lipinski definition) is 3. The molecule has 0 unspecified atom stereocenters. The molecule has 114 valence electrons. The van der Waals surface area contributed by atoms with Crippen molar-refractivity contribution in [3.8, 4) is 0 Å². The minimum absolute atomic E-state index is 0.169. The number of aromatic nitrogens is 2. The summed E-state index contributed by atoms with van der Waals surface area (Å²) in [6.07, 6.45) is 7.23. The van der Waals surface area contributed by atoms with Crippen molar-refractivity contribution in [2.75, 3.05) is 0 Å². The predicted octanol–water partition coefficient (Wildman–Crippen LogP) is 3.63. The van der Waals surface area contributed by atoms with Crippen molar-refractivity contribution in [3.63, 3.8) is 0 Å². The lowest BCUT2D eigenvalue weighted by molar-refractivity contribution is -0.118. The van der Waals surface area contributed by atoms with E-state index in [1.165, 1.54) is 19.3 Å². The van der Waals surface area contributed by atoms with Crippen LogP contribution in [-0.2, 0) is 4.79 Å². The lowest BCUT2D eigenvalue weighted by Crippen LogP contribution is -2.24. The molecule has 2 bridgehead atoms. The Morgan fingerprint density at radius 1 is 0.870 bits per heavy atom. The van der Waals surface area contributed by atoms with Gasteiger partial charge in [0.15, 0.2) is 11.6 Å². The number of nitrogens with zero attached hydrogens (tertiary/aromatic N) is 2. The van der Waals surface area contributed by atoms with Crippen molar-refractivity contribution >= 4 is 16.9 Å². The Morgan fingerprint density at radius 2 is 1.57 bits per heavy atom. The average molecular weight is 302 g/mol. The number of fused-ring (bicyclic) bond motifs is 5. The van der Waals surface area contributed by atoms with Crippen molar-refractivity contribution in [3.05, 3.63) is 60.2 Å². The lowest BCUT2D eigenvalue weighted by Gasteiger charge is -2.25. The Labute approximate surface area is 135 Å². The minimum atomic E-state index is 0.169. The second-order valence-electron chi connectivity index (χ2n) is 6.98. The highest BCUT2D eigenvalue weighted by Crippen LogP contribution is 2.62. The van der Waals surface area contributed by atoms with Gasteiger partial charge < -0.3 is 0 Å². The van der Waals surface area contributed by atoms with E-state index in [4.69, 9.17) is 0 Å². The molecule has 3 aliphatic rings. The number of ketones is 1. The maximum absolute atomic E-state index is 13.2. The van der Waals surface area contributed by atoms with Gasteiger partial charge >= 0.3 is 0 Å². The van der Waals surface area contributed by atoms with E-state index in [0.29, 0.717) is 23.5 Å². The first-order valence-electron chi connectivity index (χ1n) is 8.46. The molecule has 0 N–H and O–H groups in total. The Balaban J connectivity index is 1.75. The first-order valence-corrected chi connectivity index (χ1v) is 8.46. The quantitative estimate of drug-likeness (QED) is 0.850. The summed E-state index contributed by atoms with van der Waals surface area (Å²) < 4.78 is 0. The molecule has 2 aromatic rings. The van der Waals surface area contributed by atoms with Crippen molar-refractivity contribution in [1.29, 1.82) is 0 Å². The monoisotopic (exact) mass is 302 g/mol. The third-order valence-electron chi connectivity index (χ3n) is 5.94. The van der Waals surface area contributed by atoms with Gasteiger partial charge in [-0.1, -0.05) is 30.3 Å². The molecule has 2 saturated carbocycles. The molecule has 4 atom stereocenters. The molecule has 2 fully saturated rings. The third-order valence-corrected chi connectivity index (χ3v) is 5.94. The standard InChI is InChI=1S/C20H18N2O/c23-19-16(12-5-2-1-3-6-12)18(20-21-9-4-10-22-20)15-13-7-8-14(11-13)17(15)19/h1-6,9-10,13-15,17H,7-8,11H2/t13-,14+,15+,17-/m0/s1. The van der Waals surface area contributed by atoms with Crippen LogP contribution in [0, 0.1) is 23.7 Å². The number of allylic oxidation sites excluding steroid dienone is 2. The van der Waals surface area contributed by atoms with Crippen LogP contribution >= 0.6 is 0 Å². The smallest absolute Gasteiger partial charge is 0.167 e. The minimum Gasteiger partial charge on any atom is -0.294 e. The van der Waals surface area contributed by atoms with E-state index in [1.54, 1.807) is 12.4 Å². The van der Waals surface area contributed by atoms with Gasteiger partial charge in [0.05, 0.1) is 0 Å². The molecule has 0 saturated heterocycles. The largest absolute Gasteiger partial charge is 0.294 e. The molecule has 3 nitrogen and oxygen atoms in total. The van der Waals surface area contributed by atoms with Crippen LogP contribution in [0.5, 0.6) is 0 Å². The Hall–Kier alpha value is -2.29. The fourth-order valence-corrected chi connectivity index (χ4v) is 5.15. The maximum Gasteiger partial charge on any atom is 0.167 e. The van der Waals surface area contributed by atoms with E-state index in [9.17, 15) is 4.79 Å². The van der Waals surface area contributed by atoms with Crippen LogP contribution in [0.2, 0.25) is 0 Å². The number of rotatable bonds is 2. The summed E-state index contributed by atoms with van der Waals surface area (Å²) in [6.45, 7) is 0. The van der Waals surface area contributed by atoms with Gasteiger partial charge in [-0.25, -0.2) is 9.97 Å². The predicted molar refractivity (Wildman–Crippen MR) is 88.1 cm³/mol. The first kappa shape index (κ1) is 13.2. The molecule has 3 aliphatic carbocycles. The molecular weight excluding hydrogens is 284 g/mol. The topological polar surface area (TPSA) is 42.9 Å². The second-order valence-corrected chi connectivity index (χ2v) is 6.98. The van der Waals surface area contributed by atoms with Gasteiger partial charge in [-0.15, -0.1) is 0 Å². The van der Waals surface area contributed by atoms with Gasteiger partial charge in [0.1, 0.15) is 0 Å². The SMILES string of the molecule is O=C1C(c2ccccc2)=C(c2ncccn2)[C@@H]2[C@H]3CC[C@H](C3)[C@H]12. The van der Waals surface area contributed by atoms with Crippen LogP contribution in [0.25, 0.3) is 11.1 Å². The highest BCUT2D eigenvalue weighted by atomic mass is 16.1. The summed E-state index contributed by atoms with van der Waals surface area (Å²) in [5.41, 5.74) is 3.01.